The van der Waals surface area contributed by atoms with Crippen LogP contribution in [0.3, 0.4) is 0 Å². The number of benzene rings is 1. The molecule has 1 aliphatic heterocycles. The van der Waals surface area contributed by atoms with Gasteiger partial charge in [0, 0.05) is 52.4 Å². The molecule has 0 saturated carbocycles. The van der Waals surface area contributed by atoms with Gasteiger partial charge in [-0.15, -0.1) is 0 Å². The molecule has 1 aromatic carbocycles. The van der Waals surface area contributed by atoms with Gasteiger partial charge in [0.05, 0.1) is 41.0 Å². The molecule has 1 saturated heterocycles. The van der Waals surface area contributed by atoms with Gasteiger partial charge in [-0.2, -0.15) is 8.78 Å². The van der Waals surface area contributed by atoms with Gasteiger partial charge in [0.2, 0.25) is 0 Å². The van der Waals surface area contributed by atoms with Gasteiger partial charge in [0.1, 0.15) is 11.8 Å². The van der Waals surface area contributed by atoms with E-state index < -0.39 is 48.9 Å². The van der Waals surface area contributed by atoms with Gasteiger partial charge < -0.3 is 24.1 Å². The summed E-state index contributed by atoms with van der Waals surface area (Å²) in [6, 6.07) is 4.44. The largest absolute Gasteiger partial charge is 0.487 e. The molecule has 13 nitrogen and oxygen atoms in total. The summed E-state index contributed by atoms with van der Waals surface area (Å²) < 4.78 is 70.6. The number of nitrogens with zero attached hydrogens (tertiary/aromatic N) is 4. The Balaban J connectivity index is 2.29. The van der Waals surface area contributed by atoms with Crippen molar-refractivity contribution >= 4 is 23.9 Å². The van der Waals surface area contributed by atoms with E-state index in [9.17, 15) is 41.8 Å². The molecule has 0 bridgehead atoms. The molecule has 1 fully saturated rings. The summed E-state index contributed by atoms with van der Waals surface area (Å²) in [6.07, 6.45) is -3.89. The van der Waals surface area contributed by atoms with Crippen molar-refractivity contribution in [1.29, 1.82) is 0 Å². The Labute approximate surface area is 264 Å². The van der Waals surface area contributed by atoms with Crippen LogP contribution in [-0.2, 0) is 39.8 Å². The van der Waals surface area contributed by atoms with Crippen molar-refractivity contribution in [2.75, 3.05) is 99.9 Å². The second-order valence-corrected chi connectivity index (χ2v) is 10.6. The molecule has 0 amide bonds. The number of rotatable bonds is 14. The van der Waals surface area contributed by atoms with Crippen LogP contribution in [0.25, 0.3) is 0 Å². The zero-order chi connectivity index (χ0) is 34.3. The van der Waals surface area contributed by atoms with Gasteiger partial charge in [-0.25, -0.2) is 8.78 Å². The lowest BCUT2D eigenvalue weighted by atomic mass is 10.0. The van der Waals surface area contributed by atoms with Crippen molar-refractivity contribution in [3.8, 4) is 5.75 Å². The number of esters is 3. The Morgan fingerprint density at radius 2 is 1.13 bits per heavy atom. The molecule has 17 heteroatoms. The lowest BCUT2D eigenvalue weighted by Gasteiger charge is -2.35. The highest BCUT2D eigenvalue weighted by Crippen LogP contribution is 2.25. The first-order chi connectivity index (χ1) is 21.8. The highest BCUT2D eigenvalue weighted by Gasteiger charge is 2.41. The Hall–Kier alpha value is -3.54. The molecule has 1 unspecified atom stereocenters. The van der Waals surface area contributed by atoms with E-state index in [0.29, 0.717) is 31.7 Å². The van der Waals surface area contributed by atoms with Crippen molar-refractivity contribution in [2.24, 2.45) is 0 Å². The number of ether oxygens (including phenoxy) is 4. The molecule has 1 heterocycles. The molecule has 260 valence electrons. The summed E-state index contributed by atoms with van der Waals surface area (Å²) in [4.78, 5) is 56.1. The van der Waals surface area contributed by atoms with Gasteiger partial charge in [0.25, 0.3) is 0 Å². The topological polar surface area (TPSA) is 138 Å². The predicted molar refractivity (Wildman–Crippen MR) is 155 cm³/mol. The van der Waals surface area contributed by atoms with Gasteiger partial charge in [-0.1, -0.05) is 12.1 Å². The Bertz CT molecular complexity index is 1100. The van der Waals surface area contributed by atoms with Crippen molar-refractivity contribution in [3.63, 3.8) is 0 Å². The van der Waals surface area contributed by atoms with Crippen LogP contribution < -0.4 is 4.74 Å². The fraction of sp³-hybridized carbons (Fsp3) is 0.655. The highest BCUT2D eigenvalue weighted by atomic mass is 19.3. The van der Waals surface area contributed by atoms with E-state index in [0.717, 1.165) is 0 Å². The lowest BCUT2D eigenvalue weighted by Crippen LogP contribution is -2.52. The first kappa shape index (κ1) is 38.6. The van der Waals surface area contributed by atoms with Crippen LogP contribution in [0.4, 0.5) is 17.6 Å². The summed E-state index contributed by atoms with van der Waals surface area (Å²) in [7, 11) is 3.79. The van der Waals surface area contributed by atoms with E-state index in [-0.39, 0.29) is 58.0 Å². The molecule has 1 N–H and O–H groups in total. The van der Waals surface area contributed by atoms with Crippen LogP contribution >= 0.6 is 0 Å². The number of halogens is 4. The highest BCUT2D eigenvalue weighted by molar-refractivity contribution is 5.74. The van der Waals surface area contributed by atoms with Gasteiger partial charge in [0.15, 0.2) is 6.61 Å². The van der Waals surface area contributed by atoms with Gasteiger partial charge in [-0.3, -0.25) is 38.8 Å². The van der Waals surface area contributed by atoms with E-state index in [1.807, 2.05) is 4.90 Å². The number of carboxylic acid groups (broad SMARTS) is 1. The van der Waals surface area contributed by atoms with Crippen LogP contribution in [0.15, 0.2) is 24.3 Å². The quantitative estimate of drug-likeness (QED) is 0.170. The average Bonchev–Trinajstić information content (AvgIpc) is 3.02. The van der Waals surface area contributed by atoms with Crippen LogP contribution in [-0.4, -0.2) is 167 Å². The van der Waals surface area contributed by atoms with Crippen molar-refractivity contribution < 1.29 is 60.8 Å². The molecule has 2 rings (SSSR count). The summed E-state index contributed by atoms with van der Waals surface area (Å²) in [6.45, 7) is 0.615. The molecule has 46 heavy (non-hydrogen) atoms. The number of alkyl halides is 4. The average molecular weight is 667 g/mol. The SMILES string of the molecule is COC(=O)CN1CCN(CC(=O)OC)CCN(C(Cc2ccc(OCC(F)(F)C(F)F)cc2)C(=O)O)CCN(CC(=O)OC)CC1. The first-order valence-corrected chi connectivity index (χ1v) is 14.5. The smallest absolute Gasteiger partial charge is 0.340 e. The number of hydrogen-bond acceptors (Lipinski definition) is 12. The van der Waals surface area contributed by atoms with E-state index in [1.54, 1.807) is 14.7 Å². The van der Waals surface area contributed by atoms with Crippen LogP contribution in [0.5, 0.6) is 5.75 Å². The maximum Gasteiger partial charge on any atom is 0.340 e. The molecule has 0 aromatic heterocycles. The van der Waals surface area contributed by atoms with Crippen molar-refractivity contribution in [2.45, 2.75) is 24.8 Å². The van der Waals surface area contributed by atoms with Crippen molar-refractivity contribution in [1.82, 2.24) is 19.6 Å². The lowest BCUT2D eigenvalue weighted by molar-refractivity contribution is -0.148. The number of aliphatic carboxylic acids is 1. The summed E-state index contributed by atoms with van der Waals surface area (Å²) in [5, 5.41) is 10.2. The zero-order valence-corrected chi connectivity index (χ0v) is 26.2. The molecule has 1 aliphatic rings. The number of hydrogen-bond donors (Lipinski definition) is 1. The third-order valence-corrected chi connectivity index (χ3v) is 7.44. The number of carbonyl (C=O) groups is 4. The number of carbonyl (C=O) groups excluding carboxylic acids is 3. The minimum Gasteiger partial charge on any atom is -0.487 e. The molecule has 0 spiro atoms. The van der Waals surface area contributed by atoms with Crippen LogP contribution in [0.1, 0.15) is 5.56 Å². The number of methoxy groups -OCH3 is 3. The van der Waals surface area contributed by atoms with E-state index in [1.165, 1.54) is 45.6 Å². The molecular formula is C29H42F4N4O9. The minimum atomic E-state index is -4.32. The molecule has 0 aliphatic carbocycles. The minimum absolute atomic E-state index is 0.0102. The summed E-state index contributed by atoms with van der Waals surface area (Å²) in [5.41, 5.74) is 0.516. The van der Waals surface area contributed by atoms with Crippen molar-refractivity contribution in [3.05, 3.63) is 29.8 Å². The Kier molecular flexibility index (Phi) is 16.1. The zero-order valence-electron chi connectivity index (χ0n) is 26.2. The predicted octanol–water partition coefficient (Wildman–Crippen LogP) is 0.702. The van der Waals surface area contributed by atoms with E-state index >= 15 is 0 Å². The third kappa shape index (κ3) is 13.4. The summed E-state index contributed by atoms with van der Waals surface area (Å²) in [5.74, 6) is -6.99. The maximum atomic E-state index is 13.2. The molecule has 0 radical (unpaired) electrons. The van der Waals surface area contributed by atoms with E-state index in [2.05, 4.69) is 0 Å². The maximum absolute atomic E-state index is 13.2. The van der Waals surface area contributed by atoms with Crippen LogP contribution in [0, 0.1) is 0 Å². The molecule has 1 atom stereocenters. The Morgan fingerprint density at radius 3 is 1.48 bits per heavy atom. The first-order valence-electron chi connectivity index (χ1n) is 14.5. The fourth-order valence-corrected chi connectivity index (χ4v) is 4.64. The molecular weight excluding hydrogens is 624 g/mol. The number of carboxylic acids is 1. The standard InChI is InChI=1S/C29H42F4N4O9/c1-43-24(38)17-34-8-10-35(18-25(39)44-2)12-14-37(15-13-36(11-9-34)19-26(40)45-3)23(27(41)42)16-21-4-6-22(7-5-21)46-20-29(32,33)28(30)31/h4-7,23,28H,8-20H2,1-3H3,(H,41,42). The Morgan fingerprint density at radius 1 is 0.739 bits per heavy atom. The van der Waals surface area contributed by atoms with Gasteiger partial charge in [-0.05, 0) is 24.1 Å². The third-order valence-electron chi connectivity index (χ3n) is 7.44. The monoisotopic (exact) mass is 666 g/mol. The molecule has 1 aromatic rings. The van der Waals surface area contributed by atoms with Gasteiger partial charge >= 0.3 is 36.2 Å². The van der Waals surface area contributed by atoms with Crippen LogP contribution in [0.2, 0.25) is 0 Å². The van der Waals surface area contributed by atoms with E-state index in [4.69, 9.17) is 18.9 Å². The second-order valence-electron chi connectivity index (χ2n) is 10.6. The second kappa shape index (κ2) is 19.2. The fourth-order valence-electron chi connectivity index (χ4n) is 4.64. The normalized spacial score (nSPS) is 17.4. The summed E-state index contributed by atoms with van der Waals surface area (Å²) >= 11 is 0.